The third-order valence-corrected chi connectivity index (χ3v) is 2.92. The van der Waals surface area contributed by atoms with E-state index in [9.17, 15) is 4.79 Å². The van der Waals surface area contributed by atoms with Gasteiger partial charge in [-0.05, 0) is 43.5 Å². The van der Waals surface area contributed by atoms with Gasteiger partial charge in [-0.2, -0.15) is 0 Å². The number of nitrogens with one attached hydrogen (secondary N) is 1. The molecule has 0 saturated carbocycles. The Bertz CT molecular complexity index is 426. The second kappa shape index (κ2) is 8.73. The number of ether oxygens (including phenoxy) is 1. The molecule has 0 atom stereocenters. The first-order chi connectivity index (χ1) is 9.13. The van der Waals surface area contributed by atoms with Gasteiger partial charge in [-0.15, -0.1) is 0 Å². The summed E-state index contributed by atoms with van der Waals surface area (Å²) in [5.74, 6) is -0.0348. The van der Waals surface area contributed by atoms with E-state index in [-0.39, 0.29) is 5.91 Å². The summed E-state index contributed by atoms with van der Waals surface area (Å²) in [5, 5.41) is 3.58. The number of unbranched alkanes of at least 4 members (excludes halogenated alkanes) is 1. The molecule has 0 radical (unpaired) electrons. The molecule has 1 N–H and O–H groups in total. The summed E-state index contributed by atoms with van der Waals surface area (Å²) in [7, 11) is 1.68. The highest BCUT2D eigenvalue weighted by molar-refractivity contribution is 6.30. The maximum absolute atomic E-state index is 11.8. The molecule has 104 valence electrons. The minimum Gasteiger partial charge on any atom is -0.385 e. The van der Waals surface area contributed by atoms with E-state index in [1.807, 2.05) is 30.3 Å². The Morgan fingerprint density at radius 3 is 2.63 bits per heavy atom. The van der Waals surface area contributed by atoms with Crippen molar-refractivity contribution in [2.75, 3.05) is 20.3 Å². The lowest BCUT2D eigenvalue weighted by atomic mass is 10.1. The molecule has 0 heterocycles. The van der Waals surface area contributed by atoms with Crippen molar-refractivity contribution in [3.05, 3.63) is 40.4 Å². The van der Waals surface area contributed by atoms with Crippen molar-refractivity contribution in [3.63, 3.8) is 0 Å². The monoisotopic (exact) mass is 281 g/mol. The summed E-state index contributed by atoms with van der Waals surface area (Å²) in [5.41, 5.74) is 1.66. The number of carbonyl (C=O) groups is 1. The van der Waals surface area contributed by atoms with Gasteiger partial charge in [0, 0.05) is 30.9 Å². The van der Waals surface area contributed by atoms with Gasteiger partial charge in [0.15, 0.2) is 0 Å². The van der Waals surface area contributed by atoms with Crippen LogP contribution in [0.25, 0.3) is 6.08 Å². The molecule has 0 aliphatic heterocycles. The van der Waals surface area contributed by atoms with Gasteiger partial charge in [-0.25, -0.2) is 0 Å². The molecule has 0 aliphatic carbocycles. The van der Waals surface area contributed by atoms with Crippen LogP contribution in [0.2, 0.25) is 5.02 Å². The van der Waals surface area contributed by atoms with Crippen LogP contribution in [0, 0.1) is 0 Å². The van der Waals surface area contributed by atoms with Gasteiger partial charge < -0.3 is 10.1 Å². The Kier molecular flexibility index (Phi) is 7.23. The average molecular weight is 282 g/mol. The molecule has 0 aliphatic rings. The van der Waals surface area contributed by atoms with Crippen LogP contribution in [0.5, 0.6) is 0 Å². The Hall–Kier alpha value is -1.32. The van der Waals surface area contributed by atoms with Gasteiger partial charge in [0.05, 0.1) is 0 Å². The normalized spacial score (nSPS) is 11.4. The zero-order chi connectivity index (χ0) is 14.1. The molecule has 19 heavy (non-hydrogen) atoms. The Morgan fingerprint density at radius 2 is 2.00 bits per heavy atom. The topological polar surface area (TPSA) is 38.3 Å². The molecular formula is C15H20ClNO2. The second-order valence-corrected chi connectivity index (χ2v) is 4.77. The Balaban J connectivity index is 2.41. The fourth-order valence-electron chi connectivity index (χ4n) is 1.59. The number of halogens is 1. The van der Waals surface area contributed by atoms with Gasteiger partial charge >= 0.3 is 0 Å². The molecule has 3 nitrogen and oxygen atoms in total. The van der Waals surface area contributed by atoms with Crippen LogP contribution < -0.4 is 5.32 Å². The van der Waals surface area contributed by atoms with Crippen LogP contribution in [0.3, 0.4) is 0 Å². The number of amides is 1. The minimum absolute atomic E-state index is 0.0348. The zero-order valence-electron chi connectivity index (χ0n) is 11.4. The van der Waals surface area contributed by atoms with Gasteiger partial charge in [0.2, 0.25) is 5.91 Å². The van der Waals surface area contributed by atoms with Crippen LogP contribution in [0.4, 0.5) is 0 Å². The van der Waals surface area contributed by atoms with Gasteiger partial charge in [0.1, 0.15) is 0 Å². The molecule has 0 spiro atoms. The molecule has 0 fully saturated rings. The number of methoxy groups -OCH3 is 1. The fourth-order valence-corrected chi connectivity index (χ4v) is 1.71. The molecule has 1 aromatic rings. The van der Waals surface area contributed by atoms with Crippen molar-refractivity contribution in [2.24, 2.45) is 0 Å². The predicted molar refractivity (Wildman–Crippen MR) is 79.2 cm³/mol. The van der Waals surface area contributed by atoms with E-state index in [0.29, 0.717) is 17.1 Å². The molecule has 4 heteroatoms. The van der Waals surface area contributed by atoms with Crippen molar-refractivity contribution < 1.29 is 9.53 Å². The maximum Gasteiger partial charge on any atom is 0.246 e. The van der Waals surface area contributed by atoms with Crippen molar-refractivity contribution in [3.8, 4) is 0 Å². The van der Waals surface area contributed by atoms with Crippen LogP contribution in [0.1, 0.15) is 25.3 Å². The van der Waals surface area contributed by atoms with Crippen molar-refractivity contribution in [1.82, 2.24) is 5.32 Å². The van der Waals surface area contributed by atoms with E-state index in [4.69, 9.17) is 16.3 Å². The molecule has 0 unspecified atom stereocenters. The SMILES string of the molecule is COCCCCNC(=O)/C(C)=C/c1ccc(Cl)cc1. The quantitative estimate of drug-likeness (QED) is 0.615. The van der Waals surface area contributed by atoms with Crippen LogP contribution in [-0.4, -0.2) is 26.2 Å². The summed E-state index contributed by atoms with van der Waals surface area (Å²) in [6, 6.07) is 7.39. The van der Waals surface area contributed by atoms with E-state index < -0.39 is 0 Å². The molecule has 0 saturated heterocycles. The lowest BCUT2D eigenvalue weighted by Gasteiger charge is -2.05. The van der Waals surface area contributed by atoms with E-state index in [1.165, 1.54) is 0 Å². The largest absolute Gasteiger partial charge is 0.385 e. The Labute approximate surface area is 119 Å². The van der Waals surface area contributed by atoms with Crippen molar-refractivity contribution in [2.45, 2.75) is 19.8 Å². The van der Waals surface area contributed by atoms with E-state index in [1.54, 1.807) is 14.0 Å². The van der Waals surface area contributed by atoms with Gasteiger partial charge in [-0.3, -0.25) is 4.79 Å². The van der Waals surface area contributed by atoms with Crippen molar-refractivity contribution >= 4 is 23.6 Å². The van der Waals surface area contributed by atoms with Gasteiger partial charge in [0.25, 0.3) is 0 Å². The zero-order valence-corrected chi connectivity index (χ0v) is 12.2. The fraction of sp³-hybridized carbons (Fsp3) is 0.400. The highest BCUT2D eigenvalue weighted by Gasteiger charge is 2.03. The molecule has 0 bridgehead atoms. The number of benzene rings is 1. The van der Waals surface area contributed by atoms with Gasteiger partial charge in [-0.1, -0.05) is 23.7 Å². The summed E-state index contributed by atoms with van der Waals surface area (Å²) >= 11 is 5.81. The summed E-state index contributed by atoms with van der Waals surface area (Å²) in [6.45, 7) is 3.21. The lowest BCUT2D eigenvalue weighted by Crippen LogP contribution is -2.25. The third-order valence-electron chi connectivity index (χ3n) is 2.67. The number of hydrogen-bond donors (Lipinski definition) is 1. The summed E-state index contributed by atoms with van der Waals surface area (Å²) in [4.78, 5) is 11.8. The molecule has 1 aromatic carbocycles. The molecule has 1 rings (SSSR count). The first kappa shape index (κ1) is 15.7. The smallest absolute Gasteiger partial charge is 0.246 e. The van der Waals surface area contributed by atoms with Crippen molar-refractivity contribution in [1.29, 1.82) is 0 Å². The Morgan fingerprint density at radius 1 is 1.32 bits per heavy atom. The average Bonchev–Trinajstić information content (AvgIpc) is 2.41. The standard InChI is InChI=1S/C15H20ClNO2/c1-12(11-13-5-7-14(16)8-6-13)15(18)17-9-3-4-10-19-2/h5-8,11H,3-4,9-10H2,1-2H3,(H,17,18)/b12-11+. The molecular weight excluding hydrogens is 262 g/mol. The number of rotatable bonds is 7. The first-order valence-corrected chi connectivity index (χ1v) is 6.72. The summed E-state index contributed by atoms with van der Waals surface area (Å²) in [6.07, 6.45) is 3.73. The predicted octanol–water partition coefficient (Wildman–Crippen LogP) is 3.29. The van der Waals surface area contributed by atoms with E-state index >= 15 is 0 Å². The van der Waals surface area contributed by atoms with Crippen LogP contribution >= 0.6 is 11.6 Å². The van der Waals surface area contributed by atoms with E-state index in [2.05, 4.69) is 5.32 Å². The maximum atomic E-state index is 11.8. The minimum atomic E-state index is -0.0348. The van der Waals surface area contributed by atoms with E-state index in [0.717, 1.165) is 25.0 Å². The second-order valence-electron chi connectivity index (χ2n) is 4.33. The lowest BCUT2D eigenvalue weighted by molar-refractivity contribution is -0.117. The number of carbonyl (C=O) groups excluding carboxylic acids is 1. The highest BCUT2D eigenvalue weighted by atomic mass is 35.5. The first-order valence-electron chi connectivity index (χ1n) is 6.34. The van der Waals surface area contributed by atoms with Crippen LogP contribution in [-0.2, 0) is 9.53 Å². The third kappa shape index (κ3) is 6.41. The molecule has 1 amide bonds. The summed E-state index contributed by atoms with van der Waals surface area (Å²) < 4.78 is 4.95. The van der Waals surface area contributed by atoms with Crippen LogP contribution in [0.15, 0.2) is 29.8 Å². The number of hydrogen-bond acceptors (Lipinski definition) is 2. The molecule has 0 aromatic heterocycles. The highest BCUT2D eigenvalue weighted by Crippen LogP contribution is 2.12.